The van der Waals surface area contributed by atoms with Crippen LogP contribution in [0.1, 0.15) is 19.4 Å². The van der Waals surface area contributed by atoms with Crippen molar-refractivity contribution >= 4 is 16.8 Å². The summed E-state index contributed by atoms with van der Waals surface area (Å²) in [5, 5.41) is 0.839. The maximum Gasteiger partial charge on any atom is 0.276 e. The van der Waals surface area contributed by atoms with Crippen molar-refractivity contribution in [3.05, 3.63) is 35.9 Å². The van der Waals surface area contributed by atoms with Gasteiger partial charge in [-0.2, -0.15) is 0 Å². The molecule has 0 radical (unpaired) electrons. The predicted octanol–water partition coefficient (Wildman–Crippen LogP) is 2.72. The molecule has 0 amide bonds. The van der Waals surface area contributed by atoms with Crippen LogP contribution in [0.3, 0.4) is 0 Å². The number of hydrogen-bond acceptors (Lipinski definition) is 0. The molecule has 13 heavy (non-hydrogen) atoms. The summed E-state index contributed by atoms with van der Waals surface area (Å²) in [5.74, 6) is 0. The lowest BCUT2D eigenvalue weighted by Gasteiger charge is -2.00. The first-order valence-electron chi connectivity index (χ1n) is 4.62. The molecule has 0 saturated carbocycles. The van der Waals surface area contributed by atoms with E-state index in [0.717, 1.165) is 23.8 Å². The fraction of sp³-hybridized carbons (Fsp3) is 0.364. The Morgan fingerprint density at radius 1 is 1.15 bits per heavy atom. The summed E-state index contributed by atoms with van der Waals surface area (Å²) in [7, 11) is 0. The fourth-order valence-electron chi connectivity index (χ4n) is 1.26. The Morgan fingerprint density at radius 2 is 1.69 bits per heavy atom. The lowest BCUT2D eigenvalue weighted by molar-refractivity contribution is -0.517. The summed E-state index contributed by atoms with van der Waals surface area (Å²) in [4.78, 5) is 0. The van der Waals surface area contributed by atoms with E-state index in [2.05, 4.69) is 18.4 Å². The normalized spacial score (nSPS) is 9.77. The summed E-state index contributed by atoms with van der Waals surface area (Å²) in [6.07, 6.45) is 0. The molecule has 0 unspecified atom stereocenters. The van der Waals surface area contributed by atoms with Gasteiger partial charge in [-0.1, -0.05) is 18.2 Å². The topological polar surface area (TPSA) is 3.01 Å². The van der Waals surface area contributed by atoms with Gasteiger partial charge in [0.05, 0.1) is 5.56 Å². The molecule has 0 fully saturated rings. The SMILES string of the molecule is CC[N+](CC)=C(Cl)c1ccccc1. The third kappa shape index (κ3) is 2.56. The van der Waals surface area contributed by atoms with Crippen molar-refractivity contribution in [2.24, 2.45) is 0 Å². The number of halogens is 1. The minimum Gasteiger partial charge on any atom is -0.220 e. The first kappa shape index (κ1) is 10.3. The third-order valence-electron chi connectivity index (χ3n) is 2.05. The molecule has 0 spiro atoms. The zero-order valence-corrected chi connectivity index (χ0v) is 8.88. The van der Waals surface area contributed by atoms with E-state index in [-0.39, 0.29) is 0 Å². The maximum atomic E-state index is 6.22. The van der Waals surface area contributed by atoms with E-state index in [4.69, 9.17) is 11.6 Å². The molecule has 70 valence electrons. The largest absolute Gasteiger partial charge is 0.276 e. The Morgan fingerprint density at radius 3 is 2.15 bits per heavy atom. The average molecular weight is 197 g/mol. The third-order valence-corrected chi connectivity index (χ3v) is 2.51. The maximum absolute atomic E-state index is 6.22. The van der Waals surface area contributed by atoms with Gasteiger partial charge in [-0.05, 0) is 37.6 Å². The average Bonchev–Trinajstić information content (AvgIpc) is 2.21. The molecule has 0 saturated heterocycles. The molecule has 2 heteroatoms. The lowest BCUT2D eigenvalue weighted by Crippen LogP contribution is -2.17. The van der Waals surface area contributed by atoms with Gasteiger partial charge in [-0.25, -0.2) is 4.58 Å². The molecular weight excluding hydrogens is 182 g/mol. The second-order valence-electron chi connectivity index (χ2n) is 2.83. The second kappa shape index (κ2) is 5.03. The van der Waals surface area contributed by atoms with E-state index >= 15 is 0 Å². The van der Waals surface area contributed by atoms with Crippen LogP contribution >= 0.6 is 11.6 Å². The van der Waals surface area contributed by atoms with Crippen LogP contribution in [-0.2, 0) is 0 Å². The van der Waals surface area contributed by atoms with E-state index in [1.807, 2.05) is 30.3 Å². The monoisotopic (exact) mass is 196 g/mol. The first-order valence-corrected chi connectivity index (χ1v) is 5.00. The molecule has 0 aromatic heterocycles. The standard InChI is InChI=1S/C11H15ClN/c1-3-13(4-2)11(12)10-8-6-5-7-9-10/h5-9H,3-4H2,1-2H3/q+1. The highest BCUT2D eigenvalue weighted by atomic mass is 35.5. The molecule has 1 nitrogen and oxygen atoms in total. The minimum absolute atomic E-state index is 0.839. The van der Waals surface area contributed by atoms with Gasteiger partial charge in [0.15, 0.2) is 0 Å². The summed E-state index contributed by atoms with van der Waals surface area (Å²) in [6.45, 7) is 6.11. The molecule has 0 bridgehead atoms. The highest BCUT2D eigenvalue weighted by Gasteiger charge is 2.09. The molecule has 0 N–H and O–H groups in total. The summed E-state index contributed by atoms with van der Waals surface area (Å²) in [5.41, 5.74) is 1.09. The highest BCUT2D eigenvalue weighted by Crippen LogP contribution is 2.04. The van der Waals surface area contributed by atoms with Gasteiger partial charge in [0, 0.05) is 0 Å². The Bertz CT molecular complexity index is 284. The van der Waals surface area contributed by atoms with Gasteiger partial charge >= 0.3 is 0 Å². The van der Waals surface area contributed by atoms with Crippen LogP contribution < -0.4 is 0 Å². The summed E-state index contributed by atoms with van der Waals surface area (Å²) < 4.78 is 2.14. The van der Waals surface area contributed by atoms with Crippen molar-refractivity contribution in [1.29, 1.82) is 0 Å². The second-order valence-corrected chi connectivity index (χ2v) is 3.19. The van der Waals surface area contributed by atoms with E-state index < -0.39 is 0 Å². The molecule has 0 heterocycles. The van der Waals surface area contributed by atoms with Crippen molar-refractivity contribution < 1.29 is 4.58 Å². The van der Waals surface area contributed by atoms with Crippen molar-refractivity contribution in [3.8, 4) is 0 Å². The Kier molecular flexibility index (Phi) is 3.97. The van der Waals surface area contributed by atoms with Crippen LogP contribution in [0.4, 0.5) is 0 Å². The van der Waals surface area contributed by atoms with Gasteiger partial charge in [-0.3, -0.25) is 0 Å². The number of benzene rings is 1. The molecule has 0 aliphatic heterocycles. The van der Waals surface area contributed by atoms with E-state index in [1.54, 1.807) is 0 Å². The van der Waals surface area contributed by atoms with Gasteiger partial charge < -0.3 is 0 Å². The summed E-state index contributed by atoms with van der Waals surface area (Å²) in [6, 6.07) is 10.1. The zero-order valence-electron chi connectivity index (χ0n) is 8.13. The van der Waals surface area contributed by atoms with Crippen molar-refractivity contribution in [2.75, 3.05) is 13.1 Å². The Labute approximate surface area is 84.7 Å². The minimum atomic E-state index is 0.839. The van der Waals surface area contributed by atoms with Crippen LogP contribution in [0, 0.1) is 0 Å². The Hall–Kier alpha value is -0.820. The molecule has 0 aliphatic rings. The van der Waals surface area contributed by atoms with Crippen LogP contribution in [0.15, 0.2) is 30.3 Å². The smallest absolute Gasteiger partial charge is 0.220 e. The van der Waals surface area contributed by atoms with Crippen molar-refractivity contribution in [2.45, 2.75) is 13.8 Å². The van der Waals surface area contributed by atoms with E-state index in [9.17, 15) is 0 Å². The summed E-state index contributed by atoms with van der Waals surface area (Å²) >= 11 is 6.22. The van der Waals surface area contributed by atoms with Gasteiger partial charge in [-0.15, -0.1) is 0 Å². The molecule has 1 rings (SSSR count). The van der Waals surface area contributed by atoms with Gasteiger partial charge in [0.1, 0.15) is 13.1 Å². The molecule has 0 atom stereocenters. The molecular formula is C11H15ClN+. The Balaban J connectivity index is 3.01. The number of nitrogens with zero attached hydrogens (tertiary/aromatic N) is 1. The van der Waals surface area contributed by atoms with Crippen LogP contribution in [0.25, 0.3) is 0 Å². The number of rotatable bonds is 3. The van der Waals surface area contributed by atoms with Gasteiger partial charge in [0.2, 0.25) is 0 Å². The van der Waals surface area contributed by atoms with Crippen molar-refractivity contribution in [3.63, 3.8) is 0 Å². The number of hydrogen-bond donors (Lipinski definition) is 0. The van der Waals surface area contributed by atoms with E-state index in [1.165, 1.54) is 0 Å². The van der Waals surface area contributed by atoms with Crippen molar-refractivity contribution in [1.82, 2.24) is 0 Å². The van der Waals surface area contributed by atoms with Crippen LogP contribution in [0.2, 0.25) is 0 Å². The lowest BCUT2D eigenvalue weighted by atomic mass is 10.2. The molecule has 1 aromatic carbocycles. The zero-order chi connectivity index (χ0) is 9.68. The van der Waals surface area contributed by atoms with E-state index in [0.29, 0.717) is 0 Å². The predicted molar refractivity (Wildman–Crippen MR) is 57.7 cm³/mol. The fourth-order valence-corrected chi connectivity index (χ4v) is 1.62. The quantitative estimate of drug-likeness (QED) is 0.517. The van der Waals surface area contributed by atoms with Gasteiger partial charge in [0.25, 0.3) is 5.17 Å². The highest BCUT2D eigenvalue weighted by molar-refractivity contribution is 6.68. The van der Waals surface area contributed by atoms with Crippen LogP contribution in [-0.4, -0.2) is 22.8 Å². The first-order chi connectivity index (χ1) is 6.29. The molecule has 1 aromatic rings. The molecule has 0 aliphatic carbocycles. The van der Waals surface area contributed by atoms with Crippen LogP contribution in [0.5, 0.6) is 0 Å².